The highest BCUT2D eigenvalue weighted by Gasteiger charge is 2.51. The van der Waals surface area contributed by atoms with Crippen LogP contribution in [0.5, 0.6) is 0 Å². The second kappa shape index (κ2) is 9.46. The van der Waals surface area contributed by atoms with Gasteiger partial charge >= 0.3 is 0 Å². The fourth-order valence-corrected chi connectivity index (χ4v) is 5.92. The Morgan fingerprint density at radius 2 is 1.68 bits per heavy atom. The lowest BCUT2D eigenvalue weighted by atomic mass is 9.77. The summed E-state index contributed by atoms with van der Waals surface area (Å²) in [5, 5.41) is 0. The van der Waals surface area contributed by atoms with E-state index < -0.39 is 0 Å². The van der Waals surface area contributed by atoms with Gasteiger partial charge in [0, 0.05) is 26.2 Å². The highest BCUT2D eigenvalue weighted by molar-refractivity contribution is 6.11. The Hall–Kier alpha value is -2.18. The van der Waals surface area contributed by atoms with Crippen LogP contribution in [-0.4, -0.2) is 67.0 Å². The van der Waals surface area contributed by atoms with Crippen LogP contribution in [0, 0.1) is 5.92 Å². The third kappa shape index (κ3) is 4.42. The lowest BCUT2D eigenvalue weighted by molar-refractivity contribution is -0.135. The van der Waals surface area contributed by atoms with E-state index in [2.05, 4.69) is 49.9 Å². The average Bonchev–Trinajstić information content (AvgIpc) is 3.11. The molecule has 3 unspecified atom stereocenters. The van der Waals surface area contributed by atoms with Crippen molar-refractivity contribution in [2.24, 2.45) is 5.92 Å². The predicted molar refractivity (Wildman–Crippen MR) is 130 cm³/mol. The number of carbonyl (C=O) groups excluding carboxylic acids is 2. The molecule has 1 amide bonds. The normalized spacial score (nSPS) is 28.1. The van der Waals surface area contributed by atoms with Crippen LogP contribution in [0.15, 0.2) is 35.6 Å². The van der Waals surface area contributed by atoms with Crippen LogP contribution in [0.1, 0.15) is 70.0 Å². The zero-order chi connectivity index (χ0) is 23.9. The van der Waals surface area contributed by atoms with Gasteiger partial charge in [-0.2, -0.15) is 0 Å². The lowest BCUT2D eigenvalue weighted by Gasteiger charge is -2.35. The number of morpholine rings is 1. The van der Waals surface area contributed by atoms with Gasteiger partial charge in [-0.3, -0.25) is 14.5 Å². The molecule has 4 aliphatic rings. The van der Waals surface area contributed by atoms with Crippen molar-refractivity contribution < 1.29 is 19.1 Å². The predicted octanol–water partition coefficient (Wildman–Crippen LogP) is 4.00. The Morgan fingerprint density at radius 3 is 2.38 bits per heavy atom. The van der Waals surface area contributed by atoms with Gasteiger partial charge in [-0.15, -0.1) is 0 Å². The van der Waals surface area contributed by atoms with Gasteiger partial charge in [0.15, 0.2) is 11.5 Å². The van der Waals surface area contributed by atoms with Crippen LogP contribution in [0.25, 0.3) is 0 Å². The zero-order valence-electron chi connectivity index (χ0n) is 20.8. The maximum absolute atomic E-state index is 13.7. The van der Waals surface area contributed by atoms with Crippen molar-refractivity contribution in [1.29, 1.82) is 0 Å². The van der Waals surface area contributed by atoms with Gasteiger partial charge in [0.1, 0.15) is 6.10 Å². The third-order valence-electron chi connectivity index (χ3n) is 7.93. The molecule has 6 heteroatoms. The Labute approximate surface area is 203 Å². The average molecular weight is 467 g/mol. The van der Waals surface area contributed by atoms with Gasteiger partial charge in [0.2, 0.25) is 0 Å². The van der Waals surface area contributed by atoms with Crippen LogP contribution in [0.4, 0.5) is 0 Å². The summed E-state index contributed by atoms with van der Waals surface area (Å²) in [5.74, 6) is 0.244. The molecule has 0 bridgehead atoms. The molecule has 1 aromatic carbocycles. The SMILES string of the molecule is CC(C)(C)c1ccc(C2C3=C(OC4CCCCC4C3=O)C(=O)N2CCCN2CCOCC2)cc1. The first-order valence-corrected chi connectivity index (χ1v) is 13.0. The molecule has 1 aliphatic carbocycles. The fourth-order valence-electron chi connectivity index (χ4n) is 5.92. The van der Waals surface area contributed by atoms with E-state index in [0.29, 0.717) is 17.9 Å². The second-order valence-corrected chi connectivity index (χ2v) is 11.2. The number of ether oxygens (including phenoxy) is 2. The van der Waals surface area contributed by atoms with Crippen LogP contribution in [0.2, 0.25) is 0 Å². The van der Waals surface area contributed by atoms with Crippen molar-refractivity contribution in [3.05, 3.63) is 46.7 Å². The van der Waals surface area contributed by atoms with Crippen LogP contribution >= 0.6 is 0 Å². The van der Waals surface area contributed by atoms with Crippen LogP contribution < -0.4 is 0 Å². The molecule has 34 heavy (non-hydrogen) atoms. The molecule has 6 nitrogen and oxygen atoms in total. The van der Waals surface area contributed by atoms with Gasteiger partial charge in [-0.1, -0.05) is 51.5 Å². The highest BCUT2D eigenvalue weighted by atomic mass is 16.5. The maximum atomic E-state index is 13.7. The molecule has 1 aromatic rings. The van der Waals surface area contributed by atoms with Crippen molar-refractivity contribution in [2.45, 2.75) is 70.4 Å². The topological polar surface area (TPSA) is 59.1 Å². The Balaban J connectivity index is 1.43. The molecule has 5 rings (SSSR count). The van der Waals surface area contributed by atoms with E-state index in [0.717, 1.165) is 70.5 Å². The van der Waals surface area contributed by atoms with Gasteiger partial charge in [0.25, 0.3) is 5.91 Å². The minimum atomic E-state index is -0.350. The number of nitrogens with zero attached hydrogens (tertiary/aromatic N) is 2. The number of amides is 1. The Kier molecular flexibility index (Phi) is 6.56. The van der Waals surface area contributed by atoms with E-state index in [-0.39, 0.29) is 35.2 Å². The molecule has 0 N–H and O–H groups in total. The van der Waals surface area contributed by atoms with E-state index in [1.807, 2.05) is 4.90 Å². The first kappa shape index (κ1) is 23.6. The molecule has 1 saturated carbocycles. The fraction of sp³-hybridized carbons (Fsp3) is 0.643. The maximum Gasteiger partial charge on any atom is 0.290 e. The summed E-state index contributed by atoms with van der Waals surface area (Å²) in [4.78, 5) is 31.6. The van der Waals surface area contributed by atoms with E-state index >= 15 is 0 Å². The Bertz CT molecular complexity index is 956. The van der Waals surface area contributed by atoms with Gasteiger partial charge in [-0.25, -0.2) is 0 Å². The standard InChI is InChI=1S/C28H38N2O4/c1-28(2,3)20-11-9-19(10-12-20)24-23-25(31)21-7-4-5-8-22(21)34-26(23)27(32)30(24)14-6-13-29-15-17-33-18-16-29/h9-12,21-22,24H,4-8,13-18H2,1-3H3. The van der Waals surface area contributed by atoms with Crippen molar-refractivity contribution in [2.75, 3.05) is 39.4 Å². The molecule has 3 aliphatic heterocycles. The first-order valence-electron chi connectivity index (χ1n) is 13.0. The number of Topliss-reactive ketones (excluding diaryl/α,β-unsaturated/α-hetero) is 1. The molecule has 2 fully saturated rings. The molecule has 0 aromatic heterocycles. The zero-order valence-corrected chi connectivity index (χ0v) is 20.8. The molecule has 3 heterocycles. The quantitative estimate of drug-likeness (QED) is 0.657. The minimum Gasteiger partial charge on any atom is -0.483 e. The molecule has 1 saturated heterocycles. The largest absolute Gasteiger partial charge is 0.483 e. The van der Waals surface area contributed by atoms with Crippen molar-refractivity contribution >= 4 is 11.7 Å². The summed E-state index contributed by atoms with van der Waals surface area (Å²) in [6.07, 6.45) is 4.57. The Morgan fingerprint density at radius 1 is 0.971 bits per heavy atom. The molecule has 184 valence electrons. The van der Waals surface area contributed by atoms with Crippen LogP contribution in [-0.2, 0) is 24.5 Å². The molecule has 0 radical (unpaired) electrons. The number of hydrogen-bond acceptors (Lipinski definition) is 5. The first-order chi connectivity index (χ1) is 16.3. The van der Waals surface area contributed by atoms with Crippen molar-refractivity contribution in [1.82, 2.24) is 9.80 Å². The summed E-state index contributed by atoms with van der Waals surface area (Å²) in [6.45, 7) is 11.5. The summed E-state index contributed by atoms with van der Waals surface area (Å²) in [6, 6.07) is 8.13. The molecular weight excluding hydrogens is 428 g/mol. The third-order valence-corrected chi connectivity index (χ3v) is 7.93. The van der Waals surface area contributed by atoms with Gasteiger partial charge < -0.3 is 14.4 Å². The number of hydrogen-bond donors (Lipinski definition) is 0. The van der Waals surface area contributed by atoms with Crippen LogP contribution in [0.3, 0.4) is 0 Å². The molecule has 0 spiro atoms. The van der Waals surface area contributed by atoms with E-state index in [9.17, 15) is 9.59 Å². The molecule has 3 atom stereocenters. The van der Waals surface area contributed by atoms with Gasteiger partial charge in [-0.05, 0) is 42.2 Å². The minimum absolute atomic E-state index is 0.0470. The lowest BCUT2D eigenvalue weighted by Crippen LogP contribution is -2.39. The summed E-state index contributed by atoms with van der Waals surface area (Å²) in [7, 11) is 0. The van der Waals surface area contributed by atoms with E-state index in [1.165, 1.54) is 5.56 Å². The number of carbonyl (C=O) groups is 2. The number of rotatable bonds is 5. The second-order valence-electron chi connectivity index (χ2n) is 11.2. The van der Waals surface area contributed by atoms with E-state index in [1.54, 1.807) is 0 Å². The summed E-state index contributed by atoms with van der Waals surface area (Å²) < 4.78 is 11.8. The summed E-state index contributed by atoms with van der Waals surface area (Å²) in [5.41, 5.74) is 2.89. The van der Waals surface area contributed by atoms with Crippen molar-refractivity contribution in [3.8, 4) is 0 Å². The molecular formula is C28H38N2O4. The number of fused-ring (bicyclic) bond motifs is 1. The number of ketones is 1. The van der Waals surface area contributed by atoms with Crippen molar-refractivity contribution in [3.63, 3.8) is 0 Å². The van der Waals surface area contributed by atoms with Gasteiger partial charge in [0.05, 0.1) is 30.7 Å². The highest BCUT2D eigenvalue weighted by Crippen LogP contribution is 2.47. The smallest absolute Gasteiger partial charge is 0.290 e. The monoisotopic (exact) mass is 466 g/mol. The summed E-state index contributed by atoms with van der Waals surface area (Å²) >= 11 is 0. The number of benzene rings is 1. The van der Waals surface area contributed by atoms with E-state index in [4.69, 9.17) is 9.47 Å².